The number of halogens is 1. The molecule has 0 saturated heterocycles. The quantitative estimate of drug-likeness (QED) is 0.883. The standard InChI is InChI=1S/C18H20FNO/c1-12(13-4-2-6-15(19)10-13)20-18-7-3-5-14-11-16(21)8-9-17(14)18/h2,4,6,8-12,18,20-21H,3,5,7H2,1H3/t12-,18?/m1/s1. The van der Waals surface area contributed by atoms with Crippen molar-refractivity contribution in [1.82, 2.24) is 5.32 Å². The monoisotopic (exact) mass is 285 g/mol. The van der Waals surface area contributed by atoms with Crippen LogP contribution in [0.1, 0.15) is 48.5 Å². The molecule has 1 aliphatic rings. The van der Waals surface area contributed by atoms with Gasteiger partial charge < -0.3 is 10.4 Å². The van der Waals surface area contributed by atoms with Gasteiger partial charge in [0.25, 0.3) is 0 Å². The summed E-state index contributed by atoms with van der Waals surface area (Å²) in [5, 5.41) is 13.2. The van der Waals surface area contributed by atoms with Crippen LogP contribution >= 0.6 is 0 Å². The van der Waals surface area contributed by atoms with Crippen LogP contribution in [0.5, 0.6) is 5.75 Å². The van der Waals surface area contributed by atoms with E-state index in [-0.39, 0.29) is 17.9 Å². The van der Waals surface area contributed by atoms with Crippen LogP contribution in [-0.4, -0.2) is 5.11 Å². The fourth-order valence-electron chi connectivity index (χ4n) is 3.15. The van der Waals surface area contributed by atoms with E-state index in [1.54, 1.807) is 18.2 Å². The molecule has 0 bridgehead atoms. The van der Waals surface area contributed by atoms with Gasteiger partial charge >= 0.3 is 0 Å². The fourth-order valence-corrected chi connectivity index (χ4v) is 3.15. The summed E-state index contributed by atoms with van der Waals surface area (Å²) in [4.78, 5) is 0. The molecule has 0 fully saturated rings. The van der Waals surface area contributed by atoms with Gasteiger partial charge in [0.1, 0.15) is 11.6 Å². The lowest BCUT2D eigenvalue weighted by Crippen LogP contribution is -2.27. The van der Waals surface area contributed by atoms with Crippen molar-refractivity contribution in [3.63, 3.8) is 0 Å². The second-order valence-corrected chi connectivity index (χ2v) is 5.77. The zero-order chi connectivity index (χ0) is 14.8. The highest BCUT2D eigenvalue weighted by Crippen LogP contribution is 2.33. The first-order chi connectivity index (χ1) is 10.1. The average molecular weight is 285 g/mol. The molecule has 21 heavy (non-hydrogen) atoms. The molecule has 0 heterocycles. The van der Waals surface area contributed by atoms with E-state index in [9.17, 15) is 9.50 Å². The Hall–Kier alpha value is -1.87. The number of hydrogen-bond donors (Lipinski definition) is 2. The first-order valence-corrected chi connectivity index (χ1v) is 7.47. The lowest BCUT2D eigenvalue weighted by atomic mass is 9.87. The summed E-state index contributed by atoms with van der Waals surface area (Å²) in [6.45, 7) is 2.06. The highest BCUT2D eigenvalue weighted by molar-refractivity contribution is 5.38. The molecular weight excluding hydrogens is 265 g/mol. The first kappa shape index (κ1) is 14.1. The lowest BCUT2D eigenvalue weighted by molar-refractivity contribution is 0.412. The molecule has 2 N–H and O–H groups in total. The molecule has 0 aliphatic heterocycles. The predicted octanol–water partition coefficient (Wildman–Crippen LogP) is 4.26. The van der Waals surface area contributed by atoms with Crippen molar-refractivity contribution in [3.05, 3.63) is 65.0 Å². The van der Waals surface area contributed by atoms with E-state index < -0.39 is 0 Å². The van der Waals surface area contributed by atoms with Crippen LogP contribution < -0.4 is 5.32 Å². The molecule has 110 valence electrons. The molecule has 0 spiro atoms. The maximum atomic E-state index is 13.3. The van der Waals surface area contributed by atoms with E-state index >= 15 is 0 Å². The Morgan fingerprint density at radius 1 is 1.24 bits per heavy atom. The largest absolute Gasteiger partial charge is 0.508 e. The van der Waals surface area contributed by atoms with Gasteiger partial charge in [-0.3, -0.25) is 0 Å². The normalized spacial score (nSPS) is 19.0. The summed E-state index contributed by atoms with van der Waals surface area (Å²) < 4.78 is 13.3. The zero-order valence-corrected chi connectivity index (χ0v) is 12.1. The van der Waals surface area contributed by atoms with Crippen LogP contribution in [-0.2, 0) is 6.42 Å². The molecule has 1 aliphatic carbocycles. The maximum absolute atomic E-state index is 13.3. The van der Waals surface area contributed by atoms with Gasteiger partial charge in [0.15, 0.2) is 0 Å². The minimum atomic E-state index is -0.199. The highest BCUT2D eigenvalue weighted by atomic mass is 19.1. The second-order valence-electron chi connectivity index (χ2n) is 5.77. The third-order valence-corrected chi connectivity index (χ3v) is 4.24. The topological polar surface area (TPSA) is 32.3 Å². The minimum absolute atomic E-state index is 0.0884. The summed E-state index contributed by atoms with van der Waals surface area (Å²) >= 11 is 0. The highest BCUT2D eigenvalue weighted by Gasteiger charge is 2.22. The number of aromatic hydroxyl groups is 1. The molecule has 2 aromatic carbocycles. The van der Waals surface area contributed by atoms with E-state index in [1.165, 1.54) is 17.2 Å². The SMILES string of the molecule is C[C@@H](NC1CCCc2cc(O)ccc21)c1cccc(F)c1. The van der Waals surface area contributed by atoms with Crippen molar-refractivity contribution in [1.29, 1.82) is 0 Å². The van der Waals surface area contributed by atoms with E-state index in [0.717, 1.165) is 24.8 Å². The zero-order valence-electron chi connectivity index (χ0n) is 12.1. The van der Waals surface area contributed by atoms with Crippen LogP contribution in [0, 0.1) is 5.82 Å². The molecule has 0 radical (unpaired) electrons. The van der Waals surface area contributed by atoms with Crippen molar-refractivity contribution in [3.8, 4) is 5.75 Å². The molecule has 0 amide bonds. The summed E-state index contributed by atoms with van der Waals surface area (Å²) in [7, 11) is 0. The van der Waals surface area contributed by atoms with Gasteiger partial charge in [-0.25, -0.2) is 4.39 Å². The molecule has 3 rings (SSSR count). The minimum Gasteiger partial charge on any atom is -0.508 e. The first-order valence-electron chi connectivity index (χ1n) is 7.47. The van der Waals surface area contributed by atoms with Gasteiger partial charge in [0.05, 0.1) is 0 Å². The molecule has 1 unspecified atom stereocenters. The van der Waals surface area contributed by atoms with Gasteiger partial charge in [-0.1, -0.05) is 18.2 Å². The number of nitrogens with one attached hydrogen (secondary N) is 1. The number of fused-ring (bicyclic) bond motifs is 1. The molecule has 2 nitrogen and oxygen atoms in total. The number of phenolic OH excluding ortho intramolecular Hbond substituents is 1. The van der Waals surface area contributed by atoms with Gasteiger partial charge in [-0.05, 0) is 67.1 Å². The fraction of sp³-hybridized carbons (Fsp3) is 0.333. The van der Waals surface area contributed by atoms with Crippen LogP contribution in [0.3, 0.4) is 0 Å². The van der Waals surface area contributed by atoms with Crippen molar-refractivity contribution >= 4 is 0 Å². The Morgan fingerprint density at radius 2 is 2.10 bits per heavy atom. The Morgan fingerprint density at radius 3 is 2.90 bits per heavy atom. The Kier molecular flexibility index (Phi) is 3.93. The van der Waals surface area contributed by atoms with Crippen molar-refractivity contribution in [2.75, 3.05) is 0 Å². The van der Waals surface area contributed by atoms with E-state index in [2.05, 4.69) is 12.2 Å². The van der Waals surface area contributed by atoms with Gasteiger partial charge in [-0.2, -0.15) is 0 Å². The number of hydrogen-bond acceptors (Lipinski definition) is 2. The van der Waals surface area contributed by atoms with Crippen LogP contribution in [0.4, 0.5) is 4.39 Å². The molecule has 3 heteroatoms. The molecule has 0 saturated carbocycles. The number of rotatable bonds is 3. The molecule has 2 atom stereocenters. The van der Waals surface area contributed by atoms with Crippen LogP contribution in [0.15, 0.2) is 42.5 Å². The third kappa shape index (κ3) is 3.08. The summed E-state index contributed by atoms with van der Waals surface area (Å²) in [5.74, 6) is 0.127. The maximum Gasteiger partial charge on any atom is 0.123 e. The third-order valence-electron chi connectivity index (χ3n) is 4.24. The predicted molar refractivity (Wildman–Crippen MR) is 81.7 cm³/mol. The lowest BCUT2D eigenvalue weighted by Gasteiger charge is -2.29. The number of phenols is 1. The van der Waals surface area contributed by atoms with E-state index in [1.807, 2.05) is 18.2 Å². The smallest absolute Gasteiger partial charge is 0.123 e. The van der Waals surface area contributed by atoms with Crippen LogP contribution in [0.2, 0.25) is 0 Å². The van der Waals surface area contributed by atoms with Crippen molar-refractivity contribution in [2.45, 2.75) is 38.3 Å². The number of aryl methyl sites for hydroxylation is 1. The van der Waals surface area contributed by atoms with E-state index in [4.69, 9.17) is 0 Å². The Balaban J connectivity index is 1.80. The second kappa shape index (κ2) is 5.86. The Labute approximate surface area is 124 Å². The summed E-state index contributed by atoms with van der Waals surface area (Å²) in [5.41, 5.74) is 3.42. The number of benzene rings is 2. The average Bonchev–Trinajstić information content (AvgIpc) is 2.47. The van der Waals surface area contributed by atoms with Gasteiger partial charge in [0, 0.05) is 12.1 Å². The Bertz CT molecular complexity index is 641. The van der Waals surface area contributed by atoms with Gasteiger partial charge in [0.2, 0.25) is 0 Å². The summed E-state index contributed by atoms with van der Waals surface area (Å²) in [6.07, 6.45) is 3.18. The van der Waals surface area contributed by atoms with Crippen molar-refractivity contribution in [2.24, 2.45) is 0 Å². The molecule has 0 aromatic heterocycles. The van der Waals surface area contributed by atoms with Crippen molar-refractivity contribution < 1.29 is 9.50 Å². The van der Waals surface area contributed by atoms with Crippen LogP contribution in [0.25, 0.3) is 0 Å². The molecule has 2 aromatic rings. The summed E-state index contributed by atoms with van der Waals surface area (Å²) in [6, 6.07) is 12.7. The van der Waals surface area contributed by atoms with Gasteiger partial charge in [-0.15, -0.1) is 0 Å². The van der Waals surface area contributed by atoms with E-state index in [0.29, 0.717) is 5.75 Å². The molecular formula is C18H20FNO.